The Labute approximate surface area is 129 Å². The molecule has 0 spiro atoms. The Hall–Kier alpha value is -1.13. The van der Waals surface area contributed by atoms with Crippen molar-refractivity contribution in [2.45, 2.75) is 46.7 Å². The lowest BCUT2D eigenvalue weighted by molar-refractivity contribution is 0.587. The Morgan fingerprint density at radius 2 is 1.80 bits per heavy atom. The summed E-state index contributed by atoms with van der Waals surface area (Å²) in [6.45, 7) is 9.22. The molecule has 0 fully saturated rings. The molecule has 1 aromatic heterocycles. The summed E-state index contributed by atoms with van der Waals surface area (Å²) in [6, 6.07) is 6.46. The van der Waals surface area contributed by atoms with Crippen molar-refractivity contribution in [3.8, 4) is 0 Å². The summed E-state index contributed by atoms with van der Waals surface area (Å²) in [6.07, 6.45) is 0.815. The second-order valence-electron chi connectivity index (χ2n) is 5.37. The van der Waals surface area contributed by atoms with E-state index in [4.69, 9.17) is 5.73 Å². The quantitative estimate of drug-likeness (QED) is 0.922. The topological polar surface area (TPSA) is 43.8 Å². The fourth-order valence-corrected chi connectivity index (χ4v) is 2.80. The van der Waals surface area contributed by atoms with Gasteiger partial charge in [0, 0.05) is 29.2 Å². The maximum Gasteiger partial charge on any atom is 0.0596 e. The van der Waals surface area contributed by atoms with Gasteiger partial charge in [0.25, 0.3) is 0 Å². The van der Waals surface area contributed by atoms with Gasteiger partial charge in [-0.1, -0.05) is 28.1 Å². The number of nitrogens with two attached hydrogens (primary N) is 1. The van der Waals surface area contributed by atoms with E-state index in [1.807, 2.05) is 11.6 Å². The SMILES string of the molecule is CCn1nc(C)cc1CC(N)c1cc(C)c(Br)c(C)c1. The zero-order valence-corrected chi connectivity index (χ0v) is 14.2. The van der Waals surface area contributed by atoms with E-state index in [0.29, 0.717) is 0 Å². The molecule has 20 heavy (non-hydrogen) atoms. The van der Waals surface area contributed by atoms with Crippen molar-refractivity contribution in [2.75, 3.05) is 0 Å². The molecule has 0 saturated carbocycles. The van der Waals surface area contributed by atoms with Crippen LogP contribution in [-0.2, 0) is 13.0 Å². The summed E-state index contributed by atoms with van der Waals surface area (Å²) in [5.41, 5.74) is 12.3. The maximum atomic E-state index is 6.39. The van der Waals surface area contributed by atoms with Gasteiger partial charge >= 0.3 is 0 Å². The first-order valence-electron chi connectivity index (χ1n) is 6.98. The van der Waals surface area contributed by atoms with Crippen molar-refractivity contribution in [1.82, 2.24) is 9.78 Å². The van der Waals surface area contributed by atoms with E-state index in [-0.39, 0.29) is 6.04 Å². The average Bonchev–Trinajstić information content (AvgIpc) is 2.75. The fraction of sp³-hybridized carbons (Fsp3) is 0.438. The zero-order chi connectivity index (χ0) is 14.9. The highest BCUT2D eigenvalue weighted by molar-refractivity contribution is 9.10. The van der Waals surface area contributed by atoms with E-state index in [1.165, 1.54) is 26.9 Å². The maximum absolute atomic E-state index is 6.39. The molecule has 1 atom stereocenters. The Bertz CT molecular complexity index is 593. The van der Waals surface area contributed by atoms with E-state index in [1.54, 1.807) is 0 Å². The number of aryl methyl sites for hydroxylation is 4. The normalized spacial score (nSPS) is 12.7. The Balaban J connectivity index is 2.25. The third-order valence-electron chi connectivity index (χ3n) is 3.60. The van der Waals surface area contributed by atoms with Crippen molar-refractivity contribution in [3.05, 3.63) is 50.8 Å². The molecule has 4 heteroatoms. The number of rotatable bonds is 4. The van der Waals surface area contributed by atoms with Crippen LogP contribution < -0.4 is 5.73 Å². The Morgan fingerprint density at radius 1 is 1.20 bits per heavy atom. The van der Waals surface area contributed by atoms with Gasteiger partial charge in [-0.15, -0.1) is 0 Å². The molecular weight excluding hydrogens is 314 g/mol. The van der Waals surface area contributed by atoms with Gasteiger partial charge in [-0.05, 0) is 50.5 Å². The molecule has 2 aromatic rings. The molecule has 2 rings (SSSR count). The average molecular weight is 336 g/mol. The highest BCUT2D eigenvalue weighted by Gasteiger charge is 2.13. The molecule has 0 aliphatic rings. The summed E-state index contributed by atoms with van der Waals surface area (Å²) < 4.78 is 3.20. The van der Waals surface area contributed by atoms with E-state index >= 15 is 0 Å². The number of hydrogen-bond donors (Lipinski definition) is 1. The van der Waals surface area contributed by atoms with Gasteiger partial charge in [0.2, 0.25) is 0 Å². The monoisotopic (exact) mass is 335 g/mol. The van der Waals surface area contributed by atoms with Crippen LogP contribution >= 0.6 is 15.9 Å². The van der Waals surface area contributed by atoms with Crippen LogP contribution in [0, 0.1) is 20.8 Å². The number of aromatic nitrogens is 2. The summed E-state index contributed by atoms with van der Waals surface area (Å²) >= 11 is 3.60. The lowest BCUT2D eigenvalue weighted by Crippen LogP contribution is -2.16. The number of halogens is 1. The molecule has 1 heterocycles. The minimum atomic E-state index is 0.00176. The van der Waals surface area contributed by atoms with Crippen molar-refractivity contribution in [3.63, 3.8) is 0 Å². The minimum Gasteiger partial charge on any atom is -0.324 e. The highest BCUT2D eigenvalue weighted by Crippen LogP contribution is 2.26. The Morgan fingerprint density at radius 3 is 2.35 bits per heavy atom. The second-order valence-corrected chi connectivity index (χ2v) is 6.17. The first-order valence-corrected chi connectivity index (χ1v) is 7.77. The van der Waals surface area contributed by atoms with Gasteiger partial charge in [0.15, 0.2) is 0 Å². The van der Waals surface area contributed by atoms with Crippen LogP contribution in [0.25, 0.3) is 0 Å². The van der Waals surface area contributed by atoms with Gasteiger partial charge in [0.05, 0.1) is 5.69 Å². The first kappa shape index (κ1) is 15.3. The molecule has 0 saturated heterocycles. The summed E-state index contributed by atoms with van der Waals surface area (Å²) in [5, 5.41) is 4.48. The van der Waals surface area contributed by atoms with E-state index in [0.717, 1.165) is 18.7 Å². The van der Waals surface area contributed by atoms with Crippen molar-refractivity contribution in [2.24, 2.45) is 5.73 Å². The summed E-state index contributed by atoms with van der Waals surface area (Å²) in [5.74, 6) is 0. The standard InChI is InChI=1S/C16H22BrN3/c1-5-20-14(8-12(4)19-20)9-15(18)13-6-10(2)16(17)11(3)7-13/h6-8,15H,5,9,18H2,1-4H3. The largest absolute Gasteiger partial charge is 0.324 e. The van der Waals surface area contributed by atoms with E-state index in [9.17, 15) is 0 Å². The van der Waals surface area contributed by atoms with Gasteiger partial charge < -0.3 is 5.73 Å². The van der Waals surface area contributed by atoms with Gasteiger partial charge in [-0.2, -0.15) is 5.10 Å². The van der Waals surface area contributed by atoms with E-state index in [2.05, 4.69) is 60.0 Å². The molecule has 108 valence electrons. The van der Waals surface area contributed by atoms with E-state index < -0.39 is 0 Å². The van der Waals surface area contributed by atoms with Crippen LogP contribution in [0.15, 0.2) is 22.7 Å². The first-order chi connectivity index (χ1) is 9.42. The third kappa shape index (κ3) is 3.13. The second kappa shape index (κ2) is 6.10. The zero-order valence-electron chi connectivity index (χ0n) is 12.6. The van der Waals surface area contributed by atoms with Gasteiger partial charge in [-0.25, -0.2) is 0 Å². The minimum absolute atomic E-state index is 0.00176. The number of benzene rings is 1. The molecular formula is C16H22BrN3. The number of hydrogen-bond acceptors (Lipinski definition) is 2. The number of nitrogens with zero attached hydrogens (tertiary/aromatic N) is 2. The predicted octanol–water partition coefficient (Wildman–Crippen LogP) is 3.83. The molecule has 0 amide bonds. The molecule has 0 bridgehead atoms. The van der Waals surface area contributed by atoms with Crippen LogP contribution in [-0.4, -0.2) is 9.78 Å². The molecule has 2 N–H and O–H groups in total. The summed E-state index contributed by atoms with van der Waals surface area (Å²) in [7, 11) is 0. The van der Waals surface area contributed by atoms with Crippen LogP contribution in [0.4, 0.5) is 0 Å². The van der Waals surface area contributed by atoms with Gasteiger partial charge in [0.1, 0.15) is 0 Å². The third-order valence-corrected chi connectivity index (χ3v) is 4.85. The molecule has 0 radical (unpaired) electrons. The molecule has 1 aromatic carbocycles. The van der Waals surface area contributed by atoms with Crippen LogP contribution in [0.1, 0.15) is 41.0 Å². The smallest absolute Gasteiger partial charge is 0.0596 e. The molecule has 0 aliphatic carbocycles. The molecule has 3 nitrogen and oxygen atoms in total. The van der Waals surface area contributed by atoms with Gasteiger partial charge in [-0.3, -0.25) is 4.68 Å². The summed E-state index contributed by atoms with van der Waals surface area (Å²) in [4.78, 5) is 0. The lowest BCUT2D eigenvalue weighted by atomic mass is 9.98. The molecule has 1 unspecified atom stereocenters. The molecule has 0 aliphatic heterocycles. The van der Waals surface area contributed by atoms with Crippen molar-refractivity contribution >= 4 is 15.9 Å². The lowest BCUT2D eigenvalue weighted by Gasteiger charge is -2.15. The van der Waals surface area contributed by atoms with Crippen LogP contribution in [0.2, 0.25) is 0 Å². The highest BCUT2D eigenvalue weighted by atomic mass is 79.9. The Kier molecular flexibility index (Phi) is 4.66. The van der Waals surface area contributed by atoms with Crippen LogP contribution in [0.5, 0.6) is 0 Å². The van der Waals surface area contributed by atoms with Crippen molar-refractivity contribution < 1.29 is 0 Å². The fourth-order valence-electron chi connectivity index (χ4n) is 2.57. The van der Waals surface area contributed by atoms with Crippen molar-refractivity contribution in [1.29, 1.82) is 0 Å². The predicted molar refractivity (Wildman–Crippen MR) is 86.9 cm³/mol. The van der Waals surface area contributed by atoms with Crippen LogP contribution in [0.3, 0.4) is 0 Å².